The molecule has 1 saturated heterocycles. The summed E-state index contributed by atoms with van der Waals surface area (Å²) in [5.74, 6) is -4.45. The summed E-state index contributed by atoms with van der Waals surface area (Å²) in [5, 5.41) is 11.1. The molecule has 1 heterocycles. The second kappa shape index (κ2) is 8.79. The van der Waals surface area contributed by atoms with E-state index in [-0.39, 0.29) is 22.5 Å². The van der Waals surface area contributed by atoms with Crippen LogP contribution in [0.15, 0.2) is 72.8 Å². The molecule has 0 aliphatic carbocycles. The van der Waals surface area contributed by atoms with E-state index in [4.69, 9.17) is 0 Å². The second-order valence-corrected chi connectivity index (χ2v) is 8.09. The number of Topliss-reactive ketones (excluding diaryl/α,β-unsaturated/α-hetero) is 2. The Kier molecular flexibility index (Phi) is 5.98. The van der Waals surface area contributed by atoms with E-state index in [1.807, 2.05) is 0 Å². The quantitative estimate of drug-likeness (QED) is 0.166. The zero-order valence-corrected chi connectivity index (χ0v) is 18.2. The first kappa shape index (κ1) is 23.8. The molecule has 0 spiro atoms. The molecule has 1 aliphatic heterocycles. The number of carbonyl (C=O) groups is 3. The van der Waals surface area contributed by atoms with Crippen LogP contribution in [0.2, 0.25) is 0 Å². The molecule has 178 valence electrons. The lowest BCUT2D eigenvalue weighted by Gasteiger charge is -2.27. The number of nitro groups is 1. The van der Waals surface area contributed by atoms with Crippen LogP contribution in [0.5, 0.6) is 0 Å². The molecule has 0 N–H and O–H groups in total. The SMILES string of the molecule is Cc1ccc(C(=O)C2C(=O)C(=O)N(c3cccc(C(F)(F)F)c3)C2c2ccc([N+](=O)[O-])cc2)cc1. The number of carbonyl (C=O) groups excluding carboxylic acids is 3. The maximum Gasteiger partial charge on any atom is 0.416 e. The zero-order valence-electron chi connectivity index (χ0n) is 18.2. The molecule has 1 amide bonds. The minimum Gasteiger partial charge on any atom is -0.297 e. The number of non-ortho nitro benzene ring substituents is 1. The monoisotopic (exact) mass is 482 g/mol. The molecule has 0 aromatic heterocycles. The summed E-state index contributed by atoms with van der Waals surface area (Å²) in [5.41, 5.74) is -0.326. The highest BCUT2D eigenvalue weighted by atomic mass is 19.4. The molecule has 1 fully saturated rings. The largest absolute Gasteiger partial charge is 0.416 e. The minimum atomic E-state index is -4.71. The van der Waals surface area contributed by atoms with Crippen LogP contribution in [0.4, 0.5) is 24.5 Å². The van der Waals surface area contributed by atoms with Crippen LogP contribution < -0.4 is 4.90 Å². The first-order valence-electron chi connectivity index (χ1n) is 10.4. The van der Waals surface area contributed by atoms with Crippen molar-refractivity contribution in [2.45, 2.75) is 19.1 Å². The molecule has 0 saturated carbocycles. The van der Waals surface area contributed by atoms with Gasteiger partial charge in [0.05, 0.1) is 16.5 Å². The molecule has 7 nitrogen and oxygen atoms in total. The van der Waals surface area contributed by atoms with Gasteiger partial charge in [0.1, 0.15) is 5.92 Å². The summed E-state index contributed by atoms with van der Waals surface area (Å²) in [6.45, 7) is 1.80. The van der Waals surface area contributed by atoms with E-state index in [1.165, 1.54) is 30.3 Å². The van der Waals surface area contributed by atoms with E-state index < -0.39 is 46.1 Å². The summed E-state index contributed by atoms with van der Waals surface area (Å²) < 4.78 is 40.0. The van der Waals surface area contributed by atoms with Crippen LogP contribution in [-0.2, 0) is 15.8 Å². The topological polar surface area (TPSA) is 97.6 Å². The molecular weight excluding hydrogens is 465 g/mol. The van der Waals surface area contributed by atoms with Gasteiger partial charge < -0.3 is 0 Å². The summed E-state index contributed by atoms with van der Waals surface area (Å²) in [4.78, 5) is 50.8. The first-order valence-corrected chi connectivity index (χ1v) is 10.4. The van der Waals surface area contributed by atoms with Crippen molar-refractivity contribution < 1.29 is 32.5 Å². The fourth-order valence-electron chi connectivity index (χ4n) is 4.08. The zero-order chi connectivity index (χ0) is 25.5. The first-order chi connectivity index (χ1) is 16.5. The van der Waals surface area contributed by atoms with Crippen LogP contribution in [0.25, 0.3) is 0 Å². The van der Waals surface area contributed by atoms with Crippen molar-refractivity contribution >= 4 is 28.8 Å². The normalized spacial score (nSPS) is 18.1. The van der Waals surface area contributed by atoms with Crippen molar-refractivity contribution in [3.63, 3.8) is 0 Å². The molecule has 0 bridgehead atoms. The van der Waals surface area contributed by atoms with Crippen molar-refractivity contribution in [1.29, 1.82) is 0 Å². The van der Waals surface area contributed by atoms with E-state index in [0.717, 1.165) is 40.8 Å². The molecule has 1 aliphatic rings. The number of benzene rings is 3. The number of anilines is 1. The molecule has 0 radical (unpaired) electrons. The van der Waals surface area contributed by atoms with Gasteiger partial charge in [0.2, 0.25) is 5.78 Å². The van der Waals surface area contributed by atoms with Gasteiger partial charge >= 0.3 is 6.18 Å². The average molecular weight is 482 g/mol. The molecule has 2 atom stereocenters. The Morgan fingerprint density at radius 3 is 2.17 bits per heavy atom. The maximum absolute atomic E-state index is 13.4. The standard InChI is InChI=1S/C25H17F3N2O5/c1-14-5-7-16(8-6-14)22(31)20-21(15-9-11-18(12-10-15)30(34)35)29(24(33)23(20)32)19-4-2-3-17(13-19)25(26,27)28/h2-13,20-21H,1H3. The Morgan fingerprint density at radius 1 is 0.971 bits per heavy atom. The summed E-state index contributed by atoms with van der Waals surface area (Å²) in [6, 6.07) is 13.7. The van der Waals surface area contributed by atoms with Gasteiger partial charge in [-0.15, -0.1) is 0 Å². The average Bonchev–Trinajstić information content (AvgIpc) is 3.09. The van der Waals surface area contributed by atoms with Crippen molar-refractivity contribution in [2.24, 2.45) is 5.92 Å². The van der Waals surface area contributed by atoms with Crippen molar-refractivity contribution in [2.75, 3.05) is 4.90 Å². The number of alkyl halides is 3. The number of rotatable bonds is 5. The maximum atomic E-state index is 13.4. The number of hydrogen-bond donors (Lipinski definition) is 0. The number of amides is 1. The third kappa shape index (κ3) is 4.42. The molecule has 4 rings (SSSR count). The van der Waals surface area contributed by atoms with Gasteiger partial charge in [-0.1, -0.05) is 48.0 Å². The van der Waals surface area contributed by atoms with Gasteiger partial charge in [0, 0.05) is 23.4 Å². The van der Waals surface area contributed by atoms with Gasteiger partial charge in [-0.25, -0.2) is 0 Å². The van der Waals surface area contributed by atoms with Crippen LogP contribution >= 0.6 is 0 Å². The lowest BCUT2D eigenvalue weighted by molar-refractivity contribution is -0.384. The van der Waals surface area contributed by atoms with Crippen LogP contribution in [-0.4, -0.2) is 22.4 Å². The summed E-state index contributed by atoms with van der Waals surface area (Å²) in [6.07, 6.45) is -4.71. The van der Waals surface area contributed by atoms with Gasteiger partial charge in [0.15, 0.2) is 5.78 Å². The highest BCUT2D eigenvalue weighted by Crippen LogP contribution is 2.43. The highest BCUT2D eigenvalue weighted by molar-refractivity contribution is 6.49. The predicted molar refractivity (Wildman–Crippen MR) is 119 cm³/mol. The third-order valence-corrected chi connectivity index (χ3v) is 5.82. The Bertz CT molecular complexity index is 1330. The van der Waals surface area contributed by atoms with E-state index in [2.05, 4.69) is 0 Å². The number of halogens is 3. The fourth-order valence-corrected chi connectivity index (χ4v) is 4.08. The molecular formula is C25H17F3N2O5. The Hall–Kier alpha value is -4.34. The van der Waals surface area contributed by atoms with Crippen molar-refractivity contribution in [1.82, 2.24) is 0 Å². The molecule has 2 unspecified atom stereocenters. The number of ketones is 2. The van der Waals surface area contributed by atoms with Crippen LogP contribution in [0.1, 0.15) is 33.1 Å². The Balaban J connectivity index is 1.87. The van der Waals surface area contributed by atoms with E-state index in [0.29, 0.717) is 0 Å². The fraction of sp³-hybridized carbons (Fsp3) is 0.160. The smallest absolute Gasteiger partial charge is 0.297 e. The van der Waals surface area contributed by atoms with Crippen molar-refractivity contribution in [3.8, 4) is 0 Å². The van der Waals surface area contributed by atoms with Gasteiger partial charge in [0.25, 0.3) is 11.6 Å². The Labute approximate surface area is 196 Å². The molecule has 3 aromatic carbocycles. The highest BCUT2D eigenvalue weighted by Gasteiger charge is 2.52. The molecule has 35 heavy (non-hydrogen) atoms. The van der Waals surface area contributed by atoms with Crippen LogP contribution in [0.3, 0.4) is 0 Å². The number of nitro benzene ring substituents is 1. The van der Waals surface area contributed by atoms with Gasteiger partial charge in [-0.2, -0.15) is 13.2 Å². The summed E-state index contributed by atoms with van der Waals surface area (Å²) in [7, 11) is 0. The van der Waals surface area contributed by atoms with E-state index in [9.17, 15) is 37.7 Å². The minimum absolute atomic E-state index is 0.152. The second-order valence-electron chi connectivity index (χ2n) is 8.09. The summed E-state index contributed by atoms with van der Waals surface area (Å²) >= 11 is 0. The van der Waals surface area contributed by atoms with Gasteiger partial charge in [-0.3, -0.25) is 29.4 Å². The lowest BCUT2D eigenvalue weighted by Crippen LogP contribution is -2.31. The number of hydrogen-bond acceptors (Lipinski definition) is 5. The number of aryl methyl sites for hydroxylation is 1. The van der Waals surface area contributed by atoms with E-state index >= 15 is 0 Å². The predicted octanol–water partition coefficient (Wildman–Crippen LogP) is 5.08. The molecule has 10 heteroatoms. The number of nitrogens with zero attached hydrogens (tertiary/aromatic N) is 2. The third-order valence-electron chi connectivity index (χ3n) is 5.82. The molecule has 3 aromatic rings. The lowest BCUT2D eigenvalue weighted by atomic mass is 9.86. The Morgan fingerprint density at radius 2 is 1.60 bits per heavy atom. The van der Waals surface area contributed by atoms with E-state index in [1.54, 1.807) is 19.1 Å². The van der Waals surface area contributed by atoms with Gasteiger partial charge in [-0.05, 0) is 30.7 Å². The van der Waals surface area contributed by atoms with Crippen LogP contribution in [0, 0.1) is 23.0 Å². The van der Waals surface area contributed by atoms with Crippen molar-refractivity contribution in [3.05, 3.63) is 105 Å².